The molecule has 5 heteroatoms. The largest absolute Gasteiger partial charge is 0.464 e. The molecule has 0 amide bonds. The Morgan fingerprint density at radius 2 is 2.29 bits per heavy atom. The fraction of sp³-hybridized carbons (Fsp3) is 0.333. The highest BCUT2D eigenvalue weighted by Crippen LogP contribution is 1.96. The van der Waals surface area contributed by atoms with Crippen LogP contribution < -0.4 is 10.6 Å². The van der Waals surface area contributed by atoms with E-state index in [0.717, 1.165) is 5.35 Å². The third kappa shape index (κ3) is 1.80. The van der Waals surface area contributed by atoms with Crippen LogP contribution in [0.5, 0.6) is 0 Å². The van der Waals surface area contributed by atoms with Gasteiger partial charge in [-0.15, -0.1) is 0 Å². The number of nitrogens with zero attached hydrogens (tertiary/aromatic N) is 1. The minimum atomic E-state index is -0.496. The first kappa shape index (κ1) is 10.8. The molecule has 0 radical (unpaired) electrons. The Morgan fingerprint density at radius 3 is 2.71 bits per heavy atom. The van der Waals surface area contributed by atoms with Crippen LogP contribution >= 0.6 is 11.6 Å². The van der Waals surface area contributed by atoms with E-state index in [0.29, 0.717) is 10.3 Å². The second-order valence-electron chi connectivity index (χ2n) is 2.67. The zero-order valence-electron chi connectivity index (χ0n) is 8.22. The number of aromatic amines is 1. The SMILES string of the molecule is CC=c1[nH]nc(C(=O)OC)c1=C(C)Cl. The molecule has 0 saturated carbocycles. The number of halogens is 1. The topological polar surface area (TPSA) is 55.0 Å². The number of H-pyrrole nitrogens is 1. The normalized spacial score (nSPS) is 14.1. The Kier molecular flexibility index (Phi) is 3.30. The van der Waals surface area contributed by atoms with E-state index in [1.54, 1.807) is 13.0 Å². The molecule has 1 aromatic rings. The molecule has 0 aliphatic heterocycles. The molecule has 0 aliphatic rings. The average Bonchev–Trinajstić information content (AvgIpc) is 2.59. The third-order valence-corrected chi connectivity index (χ3v) is 2.00. The molecule has 0 unspecified atom stereocenters. The quantitative estimate of drug-likeness (QED) is 0.687. The van der Waals surface area contributed by atoms with E-state index in [4.69, 9.17) is 11.6 Å². The van der Waals surface area contributed by atoms with Crippen molar-refractivity contribution in [1.29, 1.82) is 0 Å². The molecule has 1 heterocycles. The fourth-order valence-corrected chi connectivity index (χ4v) is 1.35. The van der Waals surface area contributed by atoms with Crippen molar-refractivity contribution in [2.45, 2.75) is 13.8 Å². The van der Waals surface area contributed by atoms with Crippen molar-refractivity contribution in [3.63, 3.8) is 0 Å². The van der Waals surface area contributed by atoms with Crippen molar-refractivity contribution in [2.75, 3.05) is 7.11 Å². The number of aromatic nitrogens is 2. The van der Waals surface area contributed by atoms with Gasteiger partial charge < -0.3 is 4.74 Å². The van der Waals surface area contributed by atoms with Crippen molar-refractivity contribution in [3.8, 4) is 0 Å². The van der Waals surface area contributed by atoms with E-state index >= 15 is 0 Å². The van der Waals surface area contributed by atoms with E-state index in [1.165, 1.54) is 7.11 Å². The maximum atomic E-state index is 11.3. The van der Waals surface area contributed by atoms with Crippen LogP contribution in [0, 0.1) is 0 Å². The number of ether oxygens (including phenoxy) is 1. The number of esters is 1. The summed E-state index contributed by atoms with van der Waals surface area (Å²) in [6, 6.07) is 0. The Morgan fingerprint density at radius 1 is 1.64 bits per heavy atom. The summed E-state index contributed by atoms with van der Waals surface area (Å²) >= 11 is 5.86. The standard InChI is InChI=1S/C9H11ClN2O2/c1-4-6-7(5(2)10)8(12-11-6)9(13)14-3/h4,11H,1-3H3. The van der Waals surface area contributed by atoms with Gasteiger partial charge in [0.15, 0.2) is 5.69 Å². The van der Waals surface area contributed by atoms with Gasteiger partial charge in [0.25, 0.3) is 0 Å². The van der Waals surface area contributed by atoms with Gasteiger partial charge in [-0.3, -0.25) is 5.10 Å². The number of rotatable bonds is 1. The molecule has 0 saturated heterocycles. The predicted molar refractivity (Wildman–Crippen MR) is 54.3 cm³/mol. The Labute approximate surface area is 86.2 Å². The summed E-state index contributed by atoms with van der Waals surface area (Å²) in [7, 11) is 1.31. The minimum Gasteiger partial charge on any atom is -0.464 e. The Bertz CT molecular complexity index is 458. The lowest BCUT2D eigenvalue weighted by Crippen LogP contribution is -2.28. The molecule has 1 rings (SSSR count). The maximum Gasteiger partial charge on any atom is 0.359 e. The summed E-state index contributed by atoms with van der Waals surface area (Å²) in [4.78, 5) is 11.3. The Balaban J connectivity index is 3.58. The first-order valence-corrected chi connectivity index (χ1v) is 4.45. The van der Waals surface area contributed by atoms with Gasteiger partial charge in [0, 0.05) is 10.3 Å². The van der Waals surface area contributed by atoms with Crippen LogP contribution in [0.15, 0.2) is 0 Å². The number of carbonyl (C=O) groups excluding carboxylic acids is 1. The van der Waals surface area contributed by atoms with E-state index in [1.807, 2.05) is 6.92 Å². The molecule has 76 valence electrons. The van der Waals surface area contributed by atoms with Crippen molar-refractivity contribution in [1.82, 2.24) is 10.2 Å². The van der Waals surface area contributed by atoms with Crippen LogP contribution in [-0.4, -0.2) is 23.3 Å². The molecule has 0 bridgehead atoms. The van der Waals surface area contributed by atoms with Gasteiger partial charge >= 0.3 is 5.97 Å². The minimum absolute atomic E-state index is 0.216. The van der Waals surface area contributed by atoms with Crippen molar-refractivity contribution in [3.05, 3.63) is 16.3 Å². The number of nitrogens with one attached hydrogen (secondary N) is 1. The van der Waals surface area contributed by atoms with Gasteiger partial charge in [-0.1, -0.05) is 17.7 Å². The maximum absolute atomic E-state index is 11.3. The Hall–Kier alpha value is -1.29. The van der Waals surface area contributed by atoms with Crippen LogP contribution in [0.2, 0.25) is 0 Å². The summed E-state index contributed by atoms with van der Waals surface area (Å²) in [5, 5.41) is 8.38. The summed E-state index contributed by atoms with van der Waals surface area (Å²) in [5.74, 6) is -0.496. The van der Waals surface area contributed by atoms with Crippen LogP contribution in [0.25, 0.3) is 11.1 Å². The number of hydrogen-bond donors (Lipinski definition) is 1. The molecular formula is C9H11ClN2O2. The average molecular weight is 215 g/mol. The third-order valence-electron chi connectivity index (χ3n) is 1.81. The zero-order chi connectivity index (χ0) is 10.7. The monoisotopic (exact) mass is 214 g/mol. The molecule has 0 atom stereocenters. The molecule has 1 aromatic heterocycles. The van der Waals surface area contributed by atoms with Gasteiger partial charge in [0.05, 0.1) is 12.5 Å². The van der Waals surface area contributed by atoms with Gasteiger partial charge in [-0.2, -0.15) is 5.10 Å². The summed E-state index contributed by atoms with van der Waals surface area (Å²) < 4.78 is 4.58. The second kappa shape index (κ2) is 4.28. The highest BCUT2D eigenvalue weighted by Gasteiger charge is 2.12. The second-order valence-corrected chi connectivity index (χ2v) is 3.24. The molecule has 1 N–H and O–H groups in total. The van der Waals surface area contributed by atoms with E-state index in [9.17, 15) is 4.79 Å². The van der Waals surface area contributed by atoms with E-state index in [2.05, 4.69) is 14.9 Å². The van der Waals surface area contributed by atoms with Crippen LogP contribution in [0.1, 0.15) is 24.3 Å². The molecule has 0 spiro atoms. The van der Waals surface area contributed by atoms with Crippen LogP contribution in [-0.2, 0) is 4.74 Å². The highest BCUT2D eigenvalue weighted by atomic mass is 35.5. The summed E-state index contributed by atoms with van der Waals surface area (Å²) in [6.45, 7) is 3.53. The molecular weight excluding hydrogens is 204 g/mol. The van der Waals surface area contributed by atoms with Crippen molar-refractivity contribution in [2.24, 2.45) is 0 Å². The van der Waals surface area contributed by atoms with E-state index in [-0.39, 0.29) is 5.69 Å². The number of carbonyl (C=O) groups is 1. The fourth-order valence-electron chi connectivity index (χ4n) is 1.16. The number of hydrogen-bond acceptors (Lipinski definition) is 3. The first-order chi connectivity index (χ1) is 6.61. The van der Waals surface area contributed by atoms with Gasteiger partial charge in [0.1, 0.15) is 0 Å². The van der Waals surface area contributed by atoms with Crippen LogP contribution in [0.3, 0.4) is 0 Å². The summed E-state index contributed by atoms with van der Waals surface area (Å²) in [6.07, 6.45) is 1.79. The molecule has 4 nitrogen and oxygen atoms in total. The van der Waals surface area contributed by atoms with Crippen molar-refractivity contribution >= 4 is 28.7 Å². The molecule has 14 heavy (non-hydrogen) atoms. The lowest BCUT2D eigenvalue weighted by molar-refractivity contribution is 0.0592. The lowest BCUT2D eigenvalue weighted by atomic mass is 10.3. The van der Waals surface area contributed by atoms with E-state index < -0.39 is 5.97 Å². The van der Waals surface area contributed by atoms with Gasteiger partial charge in [0.2, 0.25) is 0 Å². The van der Waals surface area contributed by atoms with Crippen molar-refractivity contribution < 1.29 is 9.53 Å². The highest BCUT2D eigenvalue weighted by molar-refractivity contribution is 6.44. The number of methoxy groups -OCH3 is 1. The molecule has 0 fully saturated rings. The van der Waals surface area contributed by atoms with Gasteiger partial charge in [-0.25, -0.2) is 4.79 Å². The molecule has 0 aliphatic carbocycles. The smallest absolute Gasteiger partial charge is 0.359 e. The zero-order valence-corrected chi connectivity index (χ0v) is 8.97. The first-order valence-electron chi connectivity index (χ1n) is 4.07. The van der Waals surface area contributed by atoms with Gasteiger partial charge in [-0.05, 0) is 13.8 Å². The predicted octanol–water partition coefficient (Wildman–Crippen LogP) is 0.364. The van der Waals surface area contributed by atoms with Crippen LogP contribution in [0.4, 0.5) is 0 Å². The molecule has 0 aromatic carbocycles. The lowest BCUT2D eigenvalue weighted by Gasteiger charge is -1.92. The summed E-state index contributed by atoms with van der Waals surface area (Å²) in [5.41, 5.74) is 0.216.